The lowest BCUT2D eigenvalue weighted by Crippen LogP contribution is -2.28. The molecule has 0 saturated heterocycles. The molecule has 0 saturated carbocycles. The third kappa shape index (κ3) is 4.51. The minimum Gasteiger partial charge on any atom is -0.497 e. The quantitative estimate of drug-likeness (QED) is 0.299. The average molecular weight is 453 g/mol. The summed E-state index contributed by atoms with van der Waals surface area (Å²) < 4.78 is 16.3. The topological polar surface area (TPSA) is 61.8 Å². The Balaban J connectivity index is 2.57. The highest BCUT2D eigenvalue weighted by Gasteiger charge is 2.35. The summed E-state index contributed by atoms with van der Waals surface area (Å²) in [5, 5.41) is 2.76. The van der Waals surface area contributed by atoms with E-state index in [1.165, 1.54) is 19.8 Å². The fraction of sp³-hybridized carbons (Fsp3) is 0.385. The molecular weight excluding hydrogens is 420 g/mol. The van der Waals surface area contributed by atoms with Crippen LogP contribution in [0.4, 0.5) is 0 Å². The van der Waals surface area contributed by atoms with Gasteiger partial charge in [0.1, 0.15) is 5.76 Å². The first-order valence-electron chi connectivity index (χ1n) is 11.0. The molecule has 0 unspecified atom stereocenters. The summed E-state index contributed by atoms with van der Waals surface area (Å²) in [5.74, 6) is -0.306. The van der Waals surface area contributed by atoms with E-state index in [2.05, 4.69) is 25.7 Å². The summed E-state index contributed by atoms with van der Waals surface area (Å²) in [4.78, 5) is 25.9. The molecule has 0 spiro atoms. The van der Waals surface area contributed by atoms with Crippen LogP contribution in [-0.4, -0.2) is 41.3 Å². The van der Waals surface area contributed by atoms with E-state index in [9.17, 15) is 9.59 Å². The van der Waals surface area contributed by atoms with Gasteiger partial charge < -0.3 is 14.2 Å². The smallest absolute Gasteiger partial charge is 0.339 e. The fourth-order valence-corrected chi connectivity index (χ4v) is 6.41. The molecular formula is C26H32O5Si. The van der Waals surface area contributed by atoms with Gasteiger partial charge >= 0.3 is 11.9 Å². The van der Waals surface area contributed by atoms with Crippen LogP contribution in [0, 0.1) is 0 Å². The number of hydrogen-bond acceptors (Lipinski definition) is 5. The van der Waals surface area contributed by atoms with E-state index in [1.54, 1.807) is 13.2 Å². The van der Waals surface area contributed by atoms with Crippen LogP contribution in [0.15, 0.2) is 47.7 Å². The summed E-state index contributed by atoms with van der Waals surface area (Å²) in [6, 6.07) is 9.51. The Labute approximate surface area is 191 Å². The van der Waals surface area contributed by atoms with Crippen molar-refractivity contribution in [2.45, 2.75) is 45.3 Å². The zero-order valence-corrected chi connectivity index (χ0v) is 20.8. The van der Waals surface area contributed by atoms with Crippen molar-refractivity contribution in [2.75, 3.05) is 21.3 Å². The second-order valence-corrected chi connectivity index (χ2v) is 14.0. The first-order chi connectivity index (χ1) is 15.2. The molecule has 2 aromatic rings. The number of methoxy groups -OCH3 is 3. The SMILES string of the molecule is COC(=O)c1cc2ccccc2c(/C(=C(/OC)C2=CCCCC2)[Si](C)(C)C)c1C(=O)OC. The van der Waals surface area contributed by atoms with Crippen LogP contribution < -0.4 is 0 Å². The molecule has 0 N–H and O–H groups in total. The number of carbonyl (C=O) groups is 2. The molecule has 0 radical (unpaired) electrons. The summed E-state index contributed by atoms with van der Waals surface area (Å²) in [5.41, 5.74) is 2.33. The molecule has 3 rings (SSSR count). The first-order valence-corrected chi connectivity index (χ1v) is 14.5. The van der Waals surface area contributed by atoms with Crippen molar-refractivity contribution in [2.24, 2.45) is 0 Å². The van der Waals surface area contributed by atoms with Gasteiger partial charge in [0.15, 0.2) is 0 Å². The third-order valence-electron chi connectivity index (χ3n) is 5.86. The highest BCUT2D eigenvalue weighted by atomic mass is 28.3. The van der Waals surface area contributed by atoms with Crippen molar-refractivity contribution in [3.05, 3.63) is 64.4 Å². The Bertz CT molecular complexity index is 1110. The highest BCUT2D eigenvalue weighted by Crippen LogP contribution is 2.42. The van der Waals surface area contributed by atoms with E-state index in [1.807, 2.05) is 24.3 Å². The largest absolute Gasteiger partial charge is 0.497 e. The number of fused-ring (bicyclic) bond motifs is 1. The summed E-state index contributed by atoms with van der Waals surface area (Å²) in [7, 11) is 2.23. The van der Waals surface area contributed by atoms with Crippen molar-refractivity contribution in [3.63, 3.8) is 0 Å². The van der Waals surface area contributed by atoms with Crippen LogP contribution in [-0.2, 0) is 14.2 Å². The molecule has 32 heavy (non-hydrogen) atoms. The highest BCUT2D eigenvalue weighted by molar-refractivity contribution is 6.94. The maximum absolute atomic E-state index is 13.1. The molecule has 0 heterocycles. The van der Waals surface area contributed by atoms with Crippen molar-refractivity contribution < 1.29 is 23.8 Å². The standard InChI is InChI=1S/C26H32O5Si/c1-29-23(17-12-8-7-9-13-17)24(32(4,5)6)21-19-15-11-10-14-18(19)16-20(25(27)30-2)22(21)26(28)31-3/h10-12,14-16H,7-9,13H2,1-6H3/b24-23-. The number of esters is 2. The van der Waals surface area contributed by atoms with Gasteiger partial charge in [-0.05, 0) is 53.3 Å². The van der Waals surface area contributed by atoms with Gasteiger partial charge in [0.05, 0.1) is 40.5 Å². The van der Waals surface area contributed by atoms with Gasteiger partial charge in [-0.25, -0.2) is 9.59 Å². The average Bonchev–Trinajstić information content (AvgIpc) is 2.80. The molecule has 0 aromatic heterocycles. The van der Waals surface area contributed by atoms with E-state index in [0.717, 1.165) is 53.0 Å². The summed E-state index contributed by atoms with van der Waals surface area (Å²) >= 11 is 0. The Morgan fingerprint density at radius 3 is 2.12 bits per heavy atom. The number of ether oxygens (including phenoxy) is 3. The van der Waals surface area contributed by atoms with E-state index in [-0.39, 0.29) is 11.1 Å². The summed E-state index contributed by atoms with van der Waals surface area (Å²) in [6.45, 7) is 6.68. The van der Waals surface area contributed by atoms with Gasteiger partial charge in [-0.2, -0.15) is 0 Å². The monoisotopic (exact) mass is 452 g/mol. The second kappa shape index (κ2) is 9.73. The number of rotatable bonds is 6. The number of hydrogen-bond donors (Lipinski definition) is 0. The van der Waals surface area contributed by atoms with E-state index < -0.39 is 20.0 Å². The number of allylic oxidation sites excluding steroid dienone is 2. The molecule has 5 nitrogen and oxygen atoms in total. The molecule has 2 aromatic carbocycles. The maximum atomic E-state index is 13.1. The van der Waals surface area contributed by atoms with Gasteiger partial charge in [0.25, 0.3) is 0 Å². The molecule has 0 bridgehead atoms. The van der Waals surface area contributed by atoms with Crippen molar-refractivity contribution in [1.29, 1.82) is 0 Å². The molecule has 1 aliphatic rings. The molecule has 0 fully saturated rings. The lowest BCUT2D eigenvalue weighted by atomic mass is 9.91. The Morgan fingerprint density at radius 2 is 1.56 bits per heavy atom. The normalized spacial score (nSPS) is 15.0. The Kier molecular flexibility index (Phi) is 7.24. The minimum atomic E-state index is -2.12. The number of carbonyl (C=O) groups excluding carboxylic acids is 2. The zero-order chi connectivity index (χ0) is 23.5. The number of benzene rings is 2. The molecule has 0 aliphatic heterocycles. The Hall–Kier alpha value is -2.86. The van der Waals surface area contributed by atoms with Crippen LogP contribution in [0.2, 0.25) is 19.6 Å². The minimum absolute atomic E-state index is 0.205. The van der Waals surface area contributed by atoms with E-state index >= 15 is 0 Å². The predicted octanol–water partition coefficient (Wildman–Crippen LogP) is 6.15. The van der Waals surface area contributed by atoms with Gasteiger partial charge in [-0.3, -0.25) is 0 Å². The van der Waals surface area contributed by atoms with E-state index in [0.29, 0.717) is 0 Å². The summed E-state index contributed by atoms with van der Waals surface area (Å²) in [6.07, 6.45) is 6.45. The van der Waals surface area contributed by atoms with Crippen molar-refractivity contribution in [1.82, 2.24) is 0 Å². The molecule has 6 heteroatoms. The maximum Gasteiger partial charge on any atom is 0.339 e. The lowest BCUT2D eigenvalue weighted by molar-refractivity contribution is 0.0555. The van der Waals surface area contributed by atoms with Crippen LogP contribution in [0.5, 0.6) is 0 Å². The predicted molar refractivity (Wildman–Crippen MR) is 130 cm³/mol. The van der Waals surface area contributed by atoms with Gasteiger partial charge in [-0.15, -0.1) is 0 Å². The van der Waals surface area contributed by atoms with Crippen LogP contribution in [0.1, 0.15) is 52.0 Å². The van der Waals surface area contributed by atoms with Gasteiger partial charge in [0, 0.05) is 5.56 Å². The molecule has 0 amide bonds. The van der Waals surface area contributed by atoms with Gasteiger partial charge in [-0.1, -0.05) is 50.0 Å². The van der Waals surface area contributed by atoms with Crippen molar-refractivity contribution >= 4 is 36.0 Å². The van der Waals surface area contributed by atoms with Crippen LogP contribution in [0.3, 0.4) is 0 Å². The lowest BCUT2D eigenvalue weighted by Gasteiger charge is -2.30. The second-order valence-electron chi connectivity index (χ2n) is 9.01. The molecule has 0 atom stereocenters. The zero-order valence-electron chi connectivity index (χ0n) is 19.8. The van der Waals surface area contributed by atoms with Crippen LogP contribution in [0.25, 0.3) is 16.0 Å². The first kappa shape index (κ1) is 23.8. The fourth-order valence-electron chi connectivity index (χ4n) is 4.46. The Morgan fingerprint density at radius 1 is 0.875 bits per heavy atom. The van der Waals surface area contributed by atoms with Crippen molar-refractivity contribution in [3.8, 4) is 0 Å². The molecule has 1 aliphatic carbocycles. The molecule has 170 valence electrons. The third-order valence-corrected chi connectivity index (χ3v) is 7.84. The van der Waals surface area contributed by atoms with E-state index in [4.69, 9.17) is 14.2 Å². The van der Waals surface area contributed by atoms with Crippen LogP contribution >= 0.6 is 0 Å². The van der Waals surface area contributed by atoms with Gasteiger partial charge in [0.2, 0.25) is 0 Å².